The summed E-state index contributed by atoms with van der Waals surface area (Å²) in [6, 6.07) is 22.9. The minimum absolute atomic E-state index is 0.00557. The number of carbonyl (C=O) groups excluding carboxylic acids is 2. The van der Waals surface area contributed by atoms with Crippen molar-refractivity contribution in [2.24, 2.45) is 0 Å². The van der Waals surface area contributed by atoms with Crippen LogP contribution in [0.3, 0.4) is 0 Å². The van der Waals surface area contributed by atoms with Crippen molar-refractivity contribution >= 4 is 17.6 Å². The molecule has 168 valence electrons. The van der Waals surface area contributed by atoms with Crippen molar-refractivity contribution in [3.8, 4) is 0 Å². The third-order valence-electron chi connectivity index (χ3n) is 7.05. The van der Waals surface area contributed by atoms with Gasteiger partial charge in [0, 0.05) is 23.4 Å². The van der Waals surface area contributed by atoms with Gasteiger partial charge in [-0.3, -0.25) is 14.7 Å². The number of hydrogen-bond donors (Lipinski definition) is 0. The third kappa shape index (κ3) is 2.95. The van der Waals surface area contributed by atoms with Gasteiger partial charge in [0.05, 0.1) is 16.6 Å². The Labute approximate surface area is 194 Å². The fourth-order valence-corrected chi connectivity index (χ4v) is 5.83. The summed E-state index contributed by atoms with van der Waals surface area (Å²) in [5, 5.41) is 0. The summed E-state index contributed by atoms with van der Waals surface area (Å²) >= 11 is 0. The van der Waals surface area contributed by atoms with Crippen LogP contribution in [0.4, 0.5) is 10.5 Å². The standard InChI is InChI=1S/C28H28N2O3/c1-26(2,3)33-25(32)30-23-16-9-8-14-20(23)28(24(31)19-12-6-5-7-13-19)21(18-27(28,30)4)22-15-10-11-17-29-22/h5-17,21H,18H2,1-4H3/t21-,27+,28-/m1/s1. The normalized spacial score (nSPS) is 25.6. The quantitative estimate of drug-likeness (QED) is 0.476. The Balaban J connectivity index is 1.75. The second-order valence-electron chi connectivity index (χ2n) is 10.1. The number of ether oxygens (including phenoxy) is 1. The third-order valence-corrected chi connectivity index (χ3v) is 7.05. The summed E-state index contributed by atoms with van der Waals surface area (Å²) in [6.45, 7) is 7.58. The van der Waals surface area contributed by atoms with E-state index in [2.05, 4.69) is 4.98 Å². The average molecular weight is 441 g/mol. The van der Waals surface area contributed by atoms with E-state index in [4.69, 9.17) is 4.74 Å². The molecule has 2 aliphatic rings. The molecule has 0 spiro atoms. The van der Waals surface area contributed by atoms with Crippen molar-refractivity contribution in [3.05, 3.63) is 95.8 Å². The molecule has 5 rings (SSSR count). The van der Waals surface area contributed by atoms with Gasteiger partial charge in [-0.2, -0.15) is 0 Å². The molecule has 5 nitrogen and oxygen atoms in total. The highest BCUT2D eigenvalue weighted by atomic mass is 16.6. The predicted octanol–water partition coefficient (Wildman–Crippen LogP) is 5.90. The largest absolute Gasteiger partial charge is 0.443 e. The number of hydrogen-bond acceptors (Lipinski definition) is 4. The summed E-state index contributed by atoms with van der Waals surface area (Å²) in [7, 11) is 0. The number of ketones is 1. The van der Waals surface area contributed by atoms with E-state index >= 15 is 0 Å². The maximum atomic E-state index is 14.4. The van der Waals surface area contributed by atoms with E-state index in [1.165, 1.54) is 0 Å². The van der Waals surface area contributed by atoms with Gasteiger partial charge in [0.2, 0.25) is 0 Å². The van der Waals surface area contributed by atoms with Crippen molar-refractivity contribution in [2.75, 3.05) is 4.90 Å². The predicted molar refractivity (Wildman–Crippen MR) is 128 cm³/mol. The van der Waals surface area contributed by atoms with Gasteiger partial charge in [-0.15, -0.1) is 0 Å². The molecule has 1 amide bonds. The first-order chi connectivity index (χ1) is 15.7. The Kier molecular flexibility index (Phi) is 4.71. The molecule has 0 bridgehead atoms. The molecule has 0 radical (unpaired) electrons. The number of aromatic nitrogens is 1. The first kappa shape index (κ1) is 21.4. The van der Waals surface area contributed by atoms with Crippen molar-refractivity contribution in [1.82, 2.24) is 4.98 Å². The minimum Gasteiger partial charge on any atom is -0.443 e. The van der Waals surface area contributed by atoms with Crippen LogP contribution >= 0.6 is 0 Å². The fourth-order valence-electron chi connectivity index (χ4n) is 5.83. The molecule has 0 N–H and O–H groups in total. The van der Waals surface area contributed by atoms with Gasteiger partial charge < -0.3 is 4.74 Å². The Bertz CT molecular complexity index is 1220. The summed E-state index contributed by atoms with van der Waals surface area (Å²) in [5.74, 6) is -0.156. The zero-order chi connectivity index (χ0) is 23.4. The lowest BCUT2D eigenvalue weighted by molar-refractivity contribution is 0.0283. The van der Waals surface area contributed by atoms with E-state index in [-0.39, 0.29) is 11.7 Å². The summed E-state index contributed by atoms with van der Waals surface area (Å²) < 4.78 is 5.83. The van der Waals surface area contributed by atoms with Crippen LogP contribution in [0.5, 0.6) is 0 Å². The van der Waals surface area contributed by atoms with Crippen molar-refractivity contribution < 1.29 is 14.3 Å². The lowest BCUT2D eigenvalue weighted by Gasteiger charge is -2.60. The van der Waals surface area contributed by atoms with Crippen LogP contribution in [0.15, 0.2) is 79.0 Å². The fraction of sp³-hybridized carbons (Fsp3) is 0.321. The van der Waals surface area contributed by atoms with E-state index in [0.717, 1.165) is 16.9 Å². The van der Waals surface area contributed by atoms with Gasteiger partial charge >= 0.3 is 6.09 Å². The molecule has 3 aromatic rings. The van der Waals surface area contributed by atoms with Crippen LogP contribution < -0.4 is 4.90 Å². The Morgan fingerprint density at radius 2 is 1.64 bits per heavy atom. The number of amides is 1. The van der Waals surface area contributed by atoms with Gasteiger partial charge in [-0.25, -0.2) is 4.79 Å². The van der Waals surface area contributed by atoms with E-state index < -0.39 is 22.6 Å². The summed E-state index contributed by atoms with van der Waals surface area (Å²) in [5.41, 5.74) is 0.683. The number of rotatable bonds is 3. The first-order valence-electron chi connectivity index (χ1n) is 11.3. The molecule has 2 heterocycles. The molecular weight excluding hydrogens is 412 g/mol. The van der Waals surface area contributed by atoms with Gasteiger partial charge in [0.25, 0.3) is 0 Å². The lowest BCUT2D eigenvalue weighted by Crippen LogP contribution is -2.72. The van der Waals surface area contributed by atoms with Gasteiger partial charge in [-0.05, 0) is 57.9 Å². The van der Waals surface area contributed by atoms with Crippen molar-refractivity contribution in [1.29, 1.82) is 0 Å². The molecule has 5 heteroatoms. The van der Waals surface area contributed by atoms with Gasteiger partial charge in [0.1, 0.15) is 5.60 Å². The van der Waals surface area contributed by atoms with Gasteiger partial charge in [0.15, 0.2) is 5.78 Å². The molecule has 1 aliphatic carbocycles. The summed E-state index contributed by atoms with van der Waals surface area (Å²) in [4.78, 5) is 34.3. The number of Topliss-reactive ketones (excluding diaryl/α,β-unsaturated/α-hetero) is 1. The molecule has 1 saturated carbocycles. The number of benzene rings is 2. The molecule has 3 atom stereocenters. The average Bonchev–Trinajstić information content (AvgIpc) is 2.95. The molecular formula is C28H28N2O3. The monoisotopic (exact) mass is 440 g/mol. The first-order valence-corrected chi connectivity index (χ1v) is 11.3. The molecule has 0 saturated heterocycles. The molecule has 2 aromatic carbocycles. The number of pyridine rings is 1. The van der Waals surface area contributed by atoms with Gasteiger partial charge in [-0.1, -0.05) is 54.6 Å². The van der Waals surface area contributed by atoms with E-state index in [9.17, 15) is 9.59 Å². The number of nitrogens with zero attached hydrogens (tertiary/aromatic N) is 2. The number of fused-ring (bicyclic) bond motifs is 3. The SMILES string of the molecule is CC(C)(C)OC(=O)N1c2ccccc2[C@]2(C(=O)c3ccccc3)[C@@H](c3ccccn3)C[C@]12C. The molecule has 1 aliphatic heterocycles. The Hall–Kier alpha value is -3.47. The molecule has 1 fully saturated rings. The Morgan fingerprint density at radius 3 is 2.30 bits per heavy atom. The zero-order valence-corrected chi connectivity index (χ0v) is 19.4. The highest BCUT2D eigenvalue weighted by Crippen LogP contribution is 2.70. The van der Waals surface area contributed by atoms with Crippen LogP contribution in [0.2, 0.25) is 0 Å². The molecule has 1 aromatic heterocycles. The summed E-state index contributed by atoms with van der Waals surface area (Å²) in [6.07, 6.45) is 1.94. The number of carbonyl (C=O) groups is 2. The minimum atomic E-state index is -0.962. The van der Waals surface area contributed by atoms with Crippen LogP contribution in [0, 0.1) is 0 Å². The Morgan fingerprint density at radius 1 is 0.970 bits per heavy atom. The van der Waals surface area contributed by atoms with Crippen LogP contribution in [-0.4, -0.2) is 28.0 Å². The van der Waals surface area contributed by atoms with Crippen LogP contribution in [-0.2, 0) is 10.2 Å². The lowest BCUT2D eigenvalue weighted by atomic mass is 9.44. The van der Waals surface area contributed by atoms with Crippen LogP contribution in [0.1, 0.15) is 61.6 Å². The number of para-hydroxylation sites is 1. The maximum Gasteiger partial charge on any atom is 0.415 e. The van der Waals surface area contributed by atoms with E-state index in [1.54, 1.807) is 11.1 Å². The maximum absolute atomic E-state index is 14.4. The van der Waals surface area contributed by atoms with E-state index in [1.807, 2.05) is 100 Å². The van der Waals surface area contributed by atoms with Crippen molar-refractivity contribution in [2.45, 2.75) is 56.6 Å². The number of anilines is 1. The molecule has 0 unspecified atom stereocenters. The smallest absolute Gasteiger partial charge is 0.415 e. The van der Waals surface area contributed by atoms with Crippen molar-refractivity contribution in [3.63, 3.8) is 0 Å². The topological polar surface area (TPSA) is 59.5 Å². The second kappa shape index (κ2) is 7.27. The molecule has 33 heavy (non-hydrogen) atoms. The highest BCUT2D eigenvalue weighted by Gasteiger charge is 2.76. The van der Waals surface area contributed by atoms with E-state index in [0.29, 0.717) is 12.0 Å². The zero-order valence-electron chi connectivity index (χ0n) is 19.4. The second-order valence-corrected chi connectivity index (χ2v) is 10.1. The highest BCUT2D eigenvalue weighted by molar-refractivity contribution is 6.13. The van der Waals surface area contributed by atoms with Crippen LogP contribution in [0.25, 0.3) is 0 Å².